The molecule has 3 heterocycles. The van der Waals surface area contributed by atoms with Crippen molar-refractivity contribution in [2.45, 2.75) is 44.7 Å². The highest BCUT2D eigenvalue weighted by Crippen LogP contribution is 2.21. The molecule has 1 aliphatic rings. The van der Waals surface area contributed by atoms with Crippen molar-refractivity contribution in [3.05, 3.63) is 52.1 Å². The van der Waals surface area contributed by atoms with Gasteiger partial charge in [0.1, 0.15) is 12.1 Å². The second-order valence-corrected chi connectivity index (χ2v) is 10.9. The van der Waals surface area contributed by atoms with Crippen molar-refractivity contribution in [3.63, 3.8) is 0 Å². The van der Waals surface area contributed by atoms with E-state index in [0.717, 1.165) is 4.68 Å². The van der Waals surface area contributed by atoms with Gasteiger partial charge < -0.3 is 4.74 Å². The number of hydrogen-bond acceptors (Lipinski definition) is 7. The standard InChI is InChI=1S/C22H27N5O5S/c1-15-18-13-23-27(22(2,3)4)20(18)21(29)26(24-15)14-19(28)16-6-5-7-17(12-16)33(30,31)25-8-10-32-11-9-25/h5-7,12-13H,8-11,14H2,1-4H3. The molecule has 176 valence electrons. The van der Waals surface area contributed by atoms with Gasteiger partial charge in [0, 0.05) is 24.0 Å². The SMILES string of the molecule is Cc1nn(CC(=O)c2cccc(S(=O)(=O)N3CCOCC3)c2)c(=O)c2c1cnn2C(C)(C)C. The summed E-state index contributed by atoms with van der Waals surface area (Å²) in [5.41, 5.74) is 0.301. The normalized spacial score (nSPS) is 15.8. The van der Waals surface area contributed by atoms with Crippen molar-refractivity contribution in [3.8, 4) is 0 Å². The molecular formula is C22H27N5O5S. The highest BCUT2D eigenvalue weighted by Gasteiger charge is 2.27. The molecule has 2 aromatic heterocycles. The topological polar surface area (TPSA) is 116 Å². The number of aromatic nitrogens is 4. The van der Waals surface area contributed by atoms with Gasteiger partial charge >= 0.3 is 0 Å². The van der Waals surface area contributed by atoms with Crippen molar-refractivity contribution >= 4 is 26.7 Å². The lowest BCUT2D eigenvalue weighted by Crippen LogP contribution is -2.40. The van der Waals surface area contributed by atoms with Crippen LogP contribution in [-0.2, 0) is 26.8 Å². The van der Waals surface area contributed by atoms with Crippen molar-refractivity contribution in [1.82, 2.24) is 23.9 Å². The summed E-state index contributed by atoms with van der Waals surface area (Å²) >= 11 is 0. The smallest absolute Gasteiger partial charge is 0.293 e. The van der Waals surface area contributed by atoms with Crippen LogP contribution in [0.4, 0.5) is 0 Å². The number of ketones is 1. The number of fused-ring (bicyclic) bond motifs is 1. The predicted molar refractivity (Wildman–Crippen MR) is 122 cm³/mol. The molecule has 11 heteroatoms. The zero-order valence-electron chi connectivity index (χ0n) is 19.1. The van der Waals surface area contributed by atoms with Crippen LogP contribution in [0.2, 0.25) is 0 Å². The molecule has 0 atom stereocenters. The molecule has 0 amide bonds. The van der Waals surface area contributed by atoms with Crippen LogP contribution in [0.25, 0.3) is 10.9 Å². The van der Waals surface area contributed by atoms with Crippen molar-refractivity contribution in [2.75, 3.05) is 26.3 Å². The second-order valence-electron chi connectivity index (χ2n) is 9.01. The average Bonchev–Trinajstić information content (AvgIpc) is 3.25. The number of hydrogen-bond donors (Lipinski definition) is 0. The first-order valence-electron chi connectivity index (χ1n) is 10.7. The number of morpholine rings is 1. The van der Waals surface area contributed by atoms with Gasteiger partial charge in [0.15, 0.2) is 5.78 Å². The molecular weight excluding hydrogens is 446 g/mol. The summed E-state index contributed by atoms with van der Waals surface area (Å²) in [7, 11) is -3.74. The highest BCUT2D eigenvalue weighted by atomic mass is 32.2. The molecule has 0 N–H and O–H groups in total. The molecule has 0 spiro atoms. The van der Waals surface area contributed by atoms with E-state index >= 15 is 0 Å². The third-order valence-corrected chi connectivity index (χ3v) is 7.45. The monoisotopic (exact) mass is 473 g/mol. The van der Waals surface area contributed by atoms with Crippen LogP contribution in [0.15, 0.2) is 40.2 Å². The van der Waals surface area contributed by atoms with Gasteiger partial charge in [0.25, 0.3) is 5.56 Å². The van der Waals surface area contributed by atoms with Gasteiger partial charge in [-0.15, -0.1) is 0 Å². The van der Waals surface area contributed by atoms with Crippen LogP contribution in [-0.4, -0.2) is 64.4 Å². The second kappa shape index (κ2) is 8.47. The average molecular weight is 474 g/mol. The van der Waals surface area contributed by atoms with Crippen LogP contribution in [0.3, 0.4) is 0 Å². The van der Waals surface area contributed by atoms with Gasteiger partial charge in [-0.1, -0.05) is 12.1 Å². The molecule has 0 saturated carbocycles. The fourth-order valence-corrected chi connectivity index (χ4v) is 5.29. The zero-order chi connectivity index (χ0) is 24.0. The molecule has 3 aromatic rings. The van der Waals surface area contributed by atoms with Gasteiger partial charge in [0.2, 0.25) is 10.0 Å². The molecule has 1 saturated heterocycles. The van der Waals surface area contributed by atoms with Gasteiger partial charge in [-0.05, 0) is 39.8 Å². The predicted octanol–water partition coefficient (Wildman–Crippen LogP) is 1.56. The lowest BCUT2D eigenvalue weighted by atomic mass is 10.1. The minimum Gasteiger partial charge on any atom is -0.379 e. The first-order valence-corrected chi connectivity index (χ1v) is 12.1. The Morgan fingerprint density at radius 3 is 2.55 bits per heavy atom. The van der Waals surface area contributed by atoms with E-state index in [2.05, 4.69) is 10.2 Å². The van der Waals surface area contributed by atoms with Gasteiger partial charge in [-0.3, -0.25) is 14.3 Å². The maximum Gasteiger partial charge on any atom is 0.293 e. The fraction of sp³-hybridized carbons (Fsp3) is 0.455. The van der Waals surface area contributed by atoms with E-state index in [1.165, 1.54) is 28.6 Å². The number of ether oxygens (including phenoxy) is 1. The summed E-state index contributed by atoms with van der Waals surface area (Å²) in [6, 6.07) is 5.88. The maximum absolute atomic E-state index is 13.2. The molecule has 0 radical (unpaired) electrons. The van der Waals surface area contributed by atoms with Crippen molar-refractivity contribution in [1.29, 1.82) is 0 Å². The lowest BCUT2D eigenvalue weighted by Gasteiger charge is -2.26. The Morgan fingerprint density at radius 2 is 1.88 bits per heavy atom. The molecule has 0 unspecified atom stereocenters. The van der Waals surface area contributed by atoms with E-state index in [1.54, 1.807) is 17.8 Å². The Labute approximate surface area is 191 Å². The first kappa shape index (κ1) is 23.3. The number of rotatable bonds is 5. The number of sulfonamides is 1. The highest BCUT2D eigenvalue weighted by molar-refractivity contribution is 7.89. The quantitative estimate of drug-likeness (QED) is 0.516. The zero-order valence-corrected chi connectivity index (χ0v) is 19.9. The molecule has 0 bridgehead atoms. The summed E-state index contributed by atoms with van der Waals surface area (Å²) in [5.74, 6) is -0.413. The number of benzene rings is 1. The lowest BCUT2D eigenvalue weighted by molar-refractivity contribution is 0.0730. The Morgan fingerprint density at radius 1 is 1.18 bits per heavy atom. The molecule has 4 rings (SSSR count). The van der Waals surface area contributed by atoms with E-state index < -0.39 is 26.9 Å². The number of aryl methyl sites for hydroxylation is 1. The van der Waals surface area contributed by atoms with Crippen LogP contribution in [0, 0.1) is 6.92 Å². The fourth-order valence-electron chi connectivity index (χ4n) is 3.83. The van der Waals surface area contributed by atoms with Crippen molar-refractivity contribution in [2.24, 2.45) is 0 Å². The minimum atomic E-state index is -3.74. The first-order chi connectivity index (χ1) is 15.5. The maximum atomic E-state index is 13.2. The minimum absolute atomic E-state index is 0.0352. The van der Waals surface area contributed by atoms with E-state index in [1.807, 2.05) is 20.8 Å². The molecule has 10 nitrogen and oxygen atoms in total. The van der Waals surface area contributed by atoms with E-state index in [4.69, 9.17) is 4.74 Å². The molecule has 1 aliphatic heterocycles. The number of carbonyl (C=O) groups is 1. The van der Waals surface area contributed by atoms with Gasteiger partial charge in [0.05, 0.1) is 35.5 Å². The van der Waals surface area contributed by atoms with Crippen molar-refractivity contribution < 1.29 is 17.9 Å². The van der Waals surface area contributed by atoms with Crippen LogP contribution < -0.4 is 5.56 Å². The number of carbonyl (C=O) groups excluding carboxylic acids is 1. The molecule has 33 heavy (non-hydrogen) atoms. The van der Waals surface area contributed by atoms with Gasteiger partial charge in [-0.2, -0.15) is 14.5 Å². The Bertz CT molecular complexity index is 1380. The third kappa shape index (κ3) is 4.35. The number of Topliss-reactive ketones (excluding diaryl/α,β-unsaturated/α-hetero) is 1. The van der Waals surface area contributed by atoms with Crippen LogP contribution >= 0.6 is 0 Å². The van der Waals surface area contributed by atoms with Gasteiger partial charge in [-0.25, -0.2) is 13.1 Å². The third-order valence-electron chi connectivity index (χ3n) is 5.56. The van der Waals surface area contributed by atoms with Crippen LogP contribution in [0.5, 0.6) is 0 Å². The summed E-state index contributed by atoms with van der Waals surface area (Å²) in [5, 5.41) is 9.28. The van der Waals surface area contributed by atoms with Crippen LogP contribution in [0.1, 0.15) is 36.8 Å². The van der Waals surface area contributed by atoms with E-state index in [9.17, 15) is 18.0 Å². The Balaban J connectivity index is 1.68. The largest absolute Gasteiger partial charge is 0.379 e. The van der Waals surface area contributed by atoms with E-state index in [-0.39, 0.29) is 30.1 Å². The Kier molecular flexibility index (Phi) is 5.97. The molecule has 0 aliphatic carbocycles. The summed E-state index contributed by atoms with van der Waals surface area (Å²) < 4.78 is 35.2. The summed E-state index contributed by atoms with van der Waals surface area (Å²) in [6.45, 7) is 8.44. The number of nitrogens with zero attached hydrogens (tertiary/aromatic N) is 5. The molecule has 1 fully saturated rings. The summed E-state index contributed by atoms with van der Waals surface area (Å²) in [6.07, 6.45) is 1.61. The molecule has 1 aromatic carbocycles. The Hall–Kier alpha value is -2.89. The summed E-state index contributed by atoms with van der Waals surface area (Å²) in [4.78, 5) is 26.3. The van der Waals surface area contributed by atoms with E-state index in [0.29, 0.717) is 29.8 Å².